The van der Waals surface area contributed by atoms with Gasteiger partial charge in [0, 0.05) is 19.5 Å². The molecule has 3 amide bonds. The van der Waals surface area contributed by atoms with Gasteiger partial charge in [-0.1, -0.05) is 0 Å². The Kier molecular flexibility index (Phi) is 7.32. The Morgan fingerprint density at radius 1 is 1.00 bits per heavy atom. The van der Waals surface area contributed by atoms with E-state index in [1.807, 2.05) is 0 Å². The van der Waals surface area contributed by atoms with Crippen LogP contribution in [0.2, 0.25) is 0 Å². The Labute approximate surface area is 161 Å². The average Bonchev–Trinajstić information content (AvgIpc) is 3.32. The van der Waals surface area contributed by atoms with Crippen molar-refractivity contribution >= 4 is 29.7 Å². The maximum Gasteiger partial charge on any atom is 0.326 e. The Balaban J connectivity index is 1.88. The molecule has 0 aromatic rings. The number of nitrogens with one attached hydrogen (secondary N) is 1. The first kappa shape index (κ1) is 21.6. The molecule has 2 fully saturated rings. The topological polar surface area (TPSA) is 170 Å². The van der Waals surface area contributed by atoms with Crippen molar-refractivity contribution in [1.82, 2.24) is 15.1 Å². The molecule has 0 bridgehead atoms. The third-order valence-electron chi connectivity index (χ3n) is 5.10. The van der Waals surface area contributed by atoms with Gasteiger partial charge in [-0.3, -0.25) is 19.2 Å². The fourth-order valence-electron chi connectivity index (χ4n) is 3.62. The zero-order valence-electron chi connectivity index (χ0n) is 15.5. The van der Waals surface area contributed by atoms with Crippen LogP contribution < -0.4 is 11.1 Å². The molecule has 0 saturated carbocycles. The van der Waals surface area contributed by atoms with E-state index in [4.69, 9.17) is 15.9 Å². The molecule has 11 nitrogen and oxygen atoms in total. The van der Waals surface area contributed by atoms with Crippen molar-refractivity contribution in [3.8, 4) is 0 Å². The van der Waals surface area contributed by atoms with Gasteiger partial charge in [0.2, 0.25) is 17.7 Å². The van der Waals surface area contributed by atoms with E-state index in [9.17, 15) is 24.0 Å². The Morgan fingerprint density at radius 3 is 2.21 bits per heavy atom. The number of hydrogen-bond donors (Lipinski definition) is 4. The van der Waals surface area contributed by atoms with Gasteiger partial charge in [-0.2, -0.15) is 0 Å². The highest BCUT2D eigenvalue weighted by Gasteiger charge is 2.37. The highest BCUT2D eigenvalue weighted by Crippen LogP contribution is 2.20. The molecular weight excluding hydrogens is 372 g/mol. The third kappa shape index (κ3) is 5.18. The monoisotopic (exact) mass is 398 g/mol. The minimum atomic E-state index is -1.07. The molecule has 156 valence electrons. The van der Waals surface area contributed by atoms with Crippen LogP contribution in [0, 0.1) is 0 Å². The van der Waals surface area contributed by atoms with E-state index in [2.05, 4.69) is 5.32 Å². The van der Waals surface area contributed by atoms with Gasteiger partial charge >= 0.3 is 11.9 Å². The molecule has 0 aromatic carbocycles. The van der Waals surface area contributed by atoms with E-state index in [-0.39, 0.29) is 19.4 Å². The molecule has 3 atom stereocenters. The molecule has 2 rings (SSSR count). The SMILES string of the molecule is NC(CCC(=O)O)C(=O)N1CCCC1C(=O)NCC(=O)N1CCCC1C(=O)O. The molecule has 3 unspecified atom stereocenters. The van der Waals surface area contributed by atoms with Crippen LogP contribution >= 0.6 is 0 Å². The number of nitrogens with two attached hydrogens (primary N) is 1. The molecule has 0 spiro atoms. The molecule has 28 heavy (non-hydrogen) atoms. The molecular formula is C17H26N4O7. The van der Waals surface area contributed by atoms with E-state index >= 15 is 0 Å². The molecule has 2 heterocycles. The molecule has 11 heteroatoms. The number of carbonyl (C=O) groups is 5. The number of rotatable bonds is 8. The minimum absolute atomic E-state index is 0.0248. The van der Waals surface area contributed by atoms with Crippen LogP contribution in [0.15, 0.2) is 0 Å². The van der Waals surface area contributed by atoms with Crippen molar-refractivity contribution in [1.29, 1.82) is 0 Å². The van der Waals surface area contributed by atoms with Gasteiger partial charge in [0.25, 0.3) is 0 Å². The van der Waals surface area contributed by atoms with Crippen molar-refractivity contribution in [2.24, 2.45) is 5.73 Å². The first-order chi connectivity index (χ1) is 13.2. The minimum Gasteiger partial charge on any atom is -0.481 e. The highest BCUT2D eigenvalue weighted by molar-refractivity contribution is 5.93. The lowest BCUT2D eigenvalue weighted by Crippen LogP contribution is -2.53. The second-order valence-corrected chi connectivity index (χ2v) is 7.03. The van der Waals surface area contributed by atoms with Gasteiger partial charge in [0.1, 0.15) is 12.1 Å². The molecule has 2 saturated heterocycles. The normalized spacial score (nSPS) is 22.8. The lowest BCUT2D eigenvalue weighted by Gasteiger charge is -2.27. The van der Waals surface area contributed by atoms with Crippen molar-refractivity contribution in [3.63, 3.8) is 0 Å². The second kappa shape index (κ2) is 9.49. The largest absolute Gasteiger partial charge is 0.481 e. The van der Waals surface area contributed by atoms with Crippen LogP contribution in [-0.4, -0.2) is 87.4 Å². The summed E-state index contributed by atoms with van der Waals surface area (Å²) < 4.78 is 0. The Morgan fingerprint density at radius 2 is 1.61 bits per heavy atom. The number of nitrogens with zero attached hydrogens (tertiary/aromatic N) is 2. The number of carbonyl (C=O) groups excluding carboxylic acids is 3. The summed E-state index contributed by atoms with van der Waals surface area (Å²) >= 11 is 0. The third-order valence-corrected chi connectivity index (χ3v) is 5.10. The van der Waals surface area contributed by atoms with Crippen molar-refractivity contribution in [3.05, 3.63) is 0 Å². The smallest absolute Gasteiger partial charge is 0.326 e. The molecule has 2 aliphatic heterocycles. The van der Waals surface area contributed by atoms with Crippen molar-refractivity contribution in [2.75, 3.05) is 19.6 Å². The zero-order chi connectivity index (χ0) is 20.8. The summed E-state index contributed by atoms with van der Waals surface area (Å²) in [6.45, 7) is 0.323. The lowest BCUT2D eigenvalue weighted by molar-refractivity contribution is -0.148. The summed E-state index contributed by atoms with van der Waals surface area (Å²) in [5, 5.41) is 20.3. The number of aliphatic carboxylic acids is 2. The summed E-state index contributed by atoms with van der Waals surface area (Å²) in [6.07, 6.45) is 1.72. The summed E-state index contributed by atoms with van der Waals surface area (Å²) in [6, 6.07) is -2.65. The predicted molar refractivity (Wildman–Crippen MR) is 95.0 cm³/mol. The first-order valence-electron chi connectivity index (χ1n) is 9.30. The maximum absolute atomic E-state index is 12.5. The second-order valence-electron chi connectivity index (χ2n) is 7.03. The van der Waals surface area contributed by atoms with Crippen LogP contribution in [0.25, 0.3) is 0 Å². The van der Waals surface area contributed by atoms with Gasteiger partial charge in [-0.05, 0) is 32.1 Å². The van der Waals surface area contributed by atoms with E-state index in [0.29, 0.717) is 38.8 Å². The molecule has 5 N–H and O–H groups in total. The number of hydrogen-bond acceptors (Lipinski definition) is 6. The Bertz CT molecular complexity index is 653. The van der Waals surface area contributed by atoms with E-state index in [0.717, 1.165) is 0 Å². The van der Waals surface area contributed by atoms with E-state index < -0.39 is 47.8 Å². The molecule has 0 aliphatic carbocycles. The number of carboxylic acids is 2. The fraction of sp³-hybridized carbons (Fsp3) is 0.706. The molecule has 0 aromatic heterocycles. The average molecular weight is 398 g/mol. The van der Waals surface area contributed by atoms with Gasteiger partial charge in [0.15, 0.2) is 0 Å². The first-order valence-corrected chi connectivity index (χ1v) is 9.30. The van der Waals surface area contributed by atoms with Gasteiger partial charge in [0.05, 0.1) is 12.6 Å². The summed E-state index contributed by atoms with van der Waals surface area (Å²) in [5.41, 5.74) is 5.75. The standard InChI is InChI=1S/C17H26N4O7/c18-10(5-6-14(23)24)16(26)21-8-1-3-11(21)15(25)19-9-13(22)20-7-2-4-12(20)17(27)28/h10-12H,1-9,18H2,(H,19,25)(H,23,24)(H,27,28). The van der Waals surface area contributed by atoms with Gasteiger partial charge < -0.3 is 31.1 Å². The lowest BCUT2D eigenvalue weighted by atomic mass is 10.1. The number of carboxylic acid groups (broad SMARTS) is 2. The summed E-state index contributed by atoms with van der Waals surface area (Å²) in [7, 11) is 0. The molecule has 0 radical (unpaired) electrons. The van der Waals surface area contributed by atoms with Crippen LogP contribution in [0.1, 0.15) is 38.5 Å². The van der Waals surface area contributed by atoms with E-state index in [1.165, 1.54) is 9.80 Å². The fourth-order valence-corrected chi connectivity index (χ4v) is 3.62. The number of likely N-dealkylation sites (tertiary alicyclic amines) is 2. The maximum atomic E-state index is 12.5. The van der Waals surface area contributed by atoms with Crippen LogP contribution in [0.5, 0.6) is 0 Å². The van der Waals surface area contributed by atoms with Crippen LogP contribution in [0.4, 0.5) is 0 Å². The van der Waals surface area contributed by atoms with Gasteiger partial charge in [-0.15, -0.1) is 0 Å². The van der Waals surface area contributed by atoms with Gasteiger partial charge in [-0.25, -0.2) is 4.79 Å². The summed E-state index contributed by atoms with van der Waals surface area (Å²) in [5.74, 6) is -3.60. The Hall–Kier alpha value is -2.69. The van der Waals surface area contributed by atoms with Crippen LogP contribution in [-0.2, 0) is 24.0 Å². The predicted octanol–water partition coefficient (Wildman–Crippen LogP) is -1.64. The van der Waals surface area contributed by atoms with Crippen molar-refractivity contribution < 1.29 is 34.2 Å². The number of amides is 3. The molecule has 2 aliphatic rings. The highest BCUT2D eigenvalue weighted by atomic mass is 16.4. The van der Waals surface area contributed by atoms with Crippen LogP contribution in [0.3, 0.4) is 0 Å². The van der Waals surface area contributed by atoms with E-state index in [1.54, 1.807) is 0 Å². The summed E-state index contributed by atoms with van der Waals surface area (Å²) in [4.78, 5) is 61.5. The quantitative estimate of drug-likeness (QED) is 0.377. The van der Waals surface area contributed by atoms with Crippen molar-refractivity contribution in [2.45, 2.75) is 56.7 Å². The zero-order valence-corrected chi connectivity index (χ0v) is 15.5.